The van der Waals surface area contributed by atoms with Crippen molar-refractivity contribution in [1.29, 1.82) is 0 Å². The highest BCUT2D eigenvalue weighted by Crippen LogP contribution is 2.33. The second-order valence-electron chi connectivity index (χ2n) is 7.61. The minimum atomic E-state index is -0.0531. The van der Waals surface area contributed by atoms with Gasteiger partial charge in [0.25, 0.3) is 5.91 Å². The maximum absolute atomic E-state index is 12.7. The van der Waals surface area contributed by atoms with E-state index in [2.05, 4.69) is 31.8 Å². The zero-order valence-electron chi connectivity index (χ0n) is 15.3. The van der Waals surface area contributed by atoms with E-state index in [-0.39, 0.29) is 11.8 Å². The summed E-state index contributed by atoms with van der Waals surface area (Å²) >= 11 is 0. The molecule has 4 heterocycles. The summed E-state index contributed by atoms with van der Waals surface area (Å²) in [5, 5.41) is 0. The number of rotatable bonds is 3. The number of H-pyrrole nitrogens is 1. The van der Waals surface area contributed by atoms with Crippen LogP contribution in [0.4, 0.5) is 5.82 Å². The molecule has 0 saturated carbocycles. The third-order valence-electron chi connectivity index (χ3n) is 5.58. The van der Waals surface area contributed by atoms with Gasteiger partial charge in [-0.2, -0.15) is 0 Å². The van der Waals surface area contributed by atoms with Gasteiger partial charge in [-0.25, -0.2) is 9.97 Å². The number of likely N-dealkylation sites (tertiary alicyclic amines) is 1. The standard InChI is InChI=1S/C20H22N6O/c1-13-6-9-25(10-13)19-17(21-7-8-22-19)14-11-26(12-14)20(27)18-23-15-4-2-3-5-16(15)24-18/h2-5,7-8,13-14H,6,9-12H2,1H3,(H,23,24)/t13-/m0/s1. The lowest BCUT2D eigenvalue weighted by Gasteiger charge is -2.39. The van der Waals surface area contributed by atoms with Gasteiger partial charge < -0.3 is 14.8 Å². The van der Waals surface area contributed by atoms with Crippen molar-refractivity contribution in [2.75, 3.05) is 31.1 Å². The van der Waals surface area contributed by atoms with Gasteiger partial charge >= 0.3 is 0 Å². The number of carbonyl (C=O) groups excluding carboxylic acids is 1. The molecule has 0 radical (unpaired) electrons. The van der Waals surface area contributed by atoms with Gasteiger partial charge in [-0.1, -0.05) is 19.1 Å². The van der Waals surface area contributed by atoms with Crippen LogP contribution in [0.15, 0.2) is 36.7 Å². The predicted octanol–water partition coefficient (Wildman–Crippen LogP) is 2.44. The Balaban J connectivity index is 1.31. The van der Waals surface area contributed by atoms with Crippen molar-refractivity contribution in [1.82, 2.24) is 24.8 Å². The van der Waals surface area contributed by atoms with E-state index in [4.69, 9.17) is 0 Å². The number of nitrogens with one attached hydrogen (secondary N) is 1. The average Bonchev–Trinajstić information content (AvgIpc) is 3.27. The summed E-state index contributed by atoms with van der Waals surface area (Å²) in [4.78, 5) is 33.6. The average molecular weight is 362 g/mol. The molecule has 2 fully saturated rings. The van der Waals surface area contributed by atoms with Crippen LogP contribution in [-0.4, -0.2) is 56.9 Å². The van der Waals surface area contributed by atoms with E-state index in [1.807, 2.05) is 29.2 Å². The van der Waals surface area contributed by atoms with Crippen molar-refractivity contribution < 1.29 is 4.79 Å². The van der Waals surface area contributed by atoms with Gasteiger partial charge in [0.05, 0.1) is 16.7 Å². The molecule has 0 bridgehead atoms. The molecule has 1 aromatic carbocycles. The van der Waals surface area contributed by atoms with Crippen molar-refractivity contribution in [2.24, 2.45) is 5.92 Å². The molecule has 2 saturated heterocycles. The van der Waals surface area contributed by atoms with E-state index >= 15 is 0 Å². The van der Waals surface area contributed by atoms with Crippen LogP contribution >= 0.6 is 0 Å². The first-order valence-corrected chi connectivity index (χ1v) is 9.49. The lowest BCUT2D eigenvalue weighted by atomic mass is 9.95. The number of hydrogen-bond acceptors (Lipinski definition) is 5. The Hall–Kier alpha value is -2.96. The smallest absolute Gasteiger partial charge is 0.289 e. The second kappa shape index (κ2) is 6.33. The number of imidazole rings is 1. The highest BCUT2D eigenvalue weighted by atomic mass is 16.2. The molecule has 3 aromatic rings. The maximum atomic E-state index is 12.7. The van der Waals surface area contributed by atoms with Crippen molar-refractivity contribution in [3.8, 4) is 0 Å². The van der Waals surface area contributed by atoms with Crippen molar-refractivity contribution in [2.45, 2.75) is 19.3 Å². The van der Waals surface area contributed by atoms with Crippen LogP contribution in [0.3, 0.4) is 0 Å². The molecule has 2 aliphatic rings. The van der Waals surface area contributed by atoms with Crippen LogP contribution in [0.1, 0.15) is 35.6 Å². The van der Waals surface area contributed by atoms with Crippen LogP contribution < -0.4 is 4.90 Å². The van der Waals surface area contributed by atoms with Gasteiger partial charge in [-0.15, -0.1) is 0 Å². The van der Waals surface area contributed by atoms with Crippen molar-refractivity contribution in [3.63, 3.8) is 0 Å². The van der Waals surface area contributed by atoms with Crippen LogP contribution in [0.5, 0.6) is 0 Å². The largest absolute Gasteiger partial charge is 0.355 e. The summed E-state index contributed by atoms with van der Waals surface area (Å²) in [6, 6.07) is 7.69. The number of anilines is 1. The minimum Gasteiger partial charge on any atom is -0.355 e. The third-order valence-corrected chi connectivity index (χ3v) is 5.58. The first kappa shape index (κ1) is 16.2. The van der Waals surface area contributed by atoms with Gasteiger partial charge in [0.2, 0.25) is 0 Å². The number of nitrogens with zero attached hydrogens (tertiary/aromatic N) is 5. The van der Waals surface area contributed by atoms with E-state index in [1.165, 1.54) is 6.42 Å². The highest BCUT2D eigenvalue weighted by Gasteiger charge is 2.37. The first-order valence-electron chi connectivity index (χ1n) is 9.49. The molecule has 0 unspecified atom stereocenters. The first-order chi connectivity index (χ1) is 13.2. The summed E-state index contributed by atoms with van der Waals surface area (Å²) in [5.41, 5.74) is 2.72. The molecule has 1 amide bonds. The minimum absolute atomic E-state index is 0.0531. The molecule has 2 aromatic heterocycles. The van der Waals surface area contributed by atoms with Gasteiger partial charge in [-0.3, -0.25) is 9.78 Å². The van der Waals surface area contributed by atoms with E-state index in [0.29, 0.717) is 24.8 Å². The zero-order chi connectivity index (χ0) is 18.4. The Kier molecular flexibility index (Phi) is 3.81. The molecule has 1 atom stereocenters. The molecular formula is C20H22N6O. The van der Waals surface area contributed by atoms with E-state index in [1.54, 1.807) is 12.4 Å². The third kappa shape index (κ3) is 2.83. The molecule has 7 nitrogen and oxygen atoms in total. The molecule has 0 aliphatic carbocycles. The Morgan fingerprint density at radius 2 is 1.96 bits per heavy atom. The van der Waals surface area contributed by atoms with Crippen LogP contribution in [0.25, 0.3) is 11.0 Å². The summed E-state index contributed by atoms with van der Waals surface area (Å²) < 4.78 is 0. The monoisotopic (exact) mass is 362 g/mol. The normalized spacial score (nSPS) is 20.3. The number of amides is 1. The number of aromatic amines is 1. The van der Waals surface area contributed by atoms with Crippen molar-refractivity contribution >= 4 is 22.8 Å². The maximum Gasteiger partial charge on any atom is 0.289 e. The van der Waals surface area contributed by atoms with E-state index in [9.17, 15) is 4.79 Å². The summed E-state index contributed by atoms with van der Waals surface area (Å²) in [6.45, 7) is 5.64. The highest BCUT2D eigenvalue weighted by molar-refractivity contribution is 5.94. The Labute approximate surface area is 157 Å². The number of benzene rings is 1. The Morgan fingerprint density at radius 1 is 1.15 bits per heavy atom. The molecule has 2 aliphatic heterocycles. The van der Waals surface area contributed by atoms with Gasteiger partial charge in [0, 0.05) is 44.5 Å². The fourth-order valence-electron chi connectivity index (χ4n) is 4.02. The number of carbonyl (C=O) groups is 1. The molecule has 5 rings (SSSR count). The molecule has 138 valence electrons. The molecule has 7 heteroatoms. The van der Waals surface area contributed by atoms with Gasteiger partial charge in [0.15, 0.2) is 11.6 Å². The van der Waals surface area contributed by atoms with Gasteiger partial charge in [-0.05, 0) is 24.5 Å². The molecule has 27 heavy (non-hydrogen) atoms. The molecule has 0 spiro atoms. The number of fused-ring (bicyclic) bond motifs is 1. The lowest BCUT2D eigenvalue weighted by molar-refractivity contribution is 0.0587. The Morgan fingerprint density at radius 3 is 2.74 bits per heavy atom. The SMILES string of the molecule is C[C@H]1CCN(c2nccnc2C2CN(C(=O)c3nc4ccccc4[nH]3)C2)C1. The zero-order valence-corrected chi connectivity index (χ0v) is 15.3. The van der Waals surface area contributed by atoms with Crippen LogP contribution in [0.2, 0.25) is 0 Å². The van der Waals surface area contributed by atoms with Crippen LogP contribution in [-0.2, 0) is 0 Å². The molecular weight excluding hydrogens is 340 g/mol. The summed E-state index contributed by atoms with van der Waals surface area (Å²) in [7, 11) is 0. The fraction of sp³-hybridized carbons (Fsp3) is 0.400. The Bertz CT molecular complexity index is 960. The van der Waals surface area contributed by atoms with E-state index < -0.39 is 0 Å². The summed E-state index contributed by atoms with van der Waals surface area (Å²) in [5.74, 6) is 2.26. The number of hydrogen-bond donors (Lipinski definition) is 1. The number of aromatic nitrogens is 4. The van der Waals surface area contributed by atoms with Gasteiger partial charge in [0.1, 0.15) is 0 Å². The fourth-order valence-corrected chi connectivity index (χ4v) is 4.02. The van der Waals surface area contributed by atoms with Crippen LogP contribution in [0, 0.1) is 5.92 Å². The molecule has 1 N–H and O–H groups in total. The van der Waals surface area contributed by atoms with E-state index in [0.717, 1.165) is 35.6 Å². The second-order valence-corrected chi connectivity index (χ2v) is 7.61. The summed E-state index contributed by atoms with van der Waals surface area (Å²) in [6.07, 6.45) is 4.71. The number of para-hydroxylation sites is 2. The quantitative estimate of drug-likeness (QED) is 0.774. The topological polar surface area (TPSA) is 78.0 Å². The predicted molar refractivity (Wildman–Crippen MR) is 103 cm³/mol. The lowest BCUT2D eigenvalue weighted by Crippen LogP contribution is -2.49. The van der Waals surface area contributed by atoms with Crippen molar-refractivity contribution in [3.05, 3.63) is 48.2 Å².